The van der Waals surface area contributed by atoms with Gasteiger partial charge in [-0.05, 0) is 99.0 Å². The Morgan fingerprint density at radius 1 is 0.887 bits per heavy atom. The number of amides is 4. The van der Waals surface area contributed by atoms with Crippen LogP contribution in [0.15, 0.2) is 59.4 Å². The molecule has 3 saturated heterocycles. The number of nitrogens with zero attached hydrogens (tertiary/aromatic N) is 4. The molecule has 1 atom stereocenters. The van der Waals surface area contributed by atoms with Crippen LogP contribution < -0.4 is 21.1 Å². The fourth-order valence-corrected chi connectivity index (χ4v) is 9.57. The Bertz CT molecular complexity index is 2440. The number of H-pyrrole nitrogens is 1. The molecule has 1 unspecified atom stereocenters. The van der Waals surface area contributed by atoms with Gasteiger partial charge < -0.3 is 24.8 Å². The first-order chi connectivity index (χ1) is 29.9. The van der Waals surface area contributed by atoms with E-state index in [9.17, 15) is 24.0 Å². The minimum atomic E-state index is -0.783. The van der Waals surface area contributed by atoms with Crippen LogP contribution in [-0.2, 0) is 40.5 Å². The molecule has 3 N–H and O–H groups in total. The number of piperazine rings is 1. The number of hydrogen-bond donors (Lipinski definition) is 3. The van der Waals surface area contributed by atoms with Crippen LogP contribution >= 0.6 is 0 Å². The molecule has 0 aliphatic carbocycles. The number of piperidine rings is 1. The summed E-state index contributed by atoms with van der Waals surface area (Å²) in [6.45, 7) is 14.5. The number of aryl methyl sites for hydroxylation is 2. The van der Waals surface area contributed by atoms with Crippen molar-refractivity contribution in [3.05, 3.63) is 121 Å². The summed E-state index contributed by atoms with van der Waals surface area (Å²) in [5.41, 5.74) is 8.69. The number of halogens is 1. The van der Waals surface area contributed by atoms with Crippen molar-refractivity contribution in [2.45, 2.75) is 91.6 Å². The van der Waals surface area contributed by atoms with Gasteiger partial charge >= 0.3 is 0 Å². The molecule has 1 aromatic heterocycles. The van der Waals surface area contributed by atoms with Gasteiger partial charge in [0, 0.05) is 117 Å². The van der Waals surface area contributed by atoms with Crippen molar-refractivity contribution in [1.82, 2.24) is 30.3 Å². The molecule has 4 aliphatic heterocycles. The second-order valence-corrected chi connectivity index (χ2v) is 17.1. The molecule has 0 spiro atoms. The number of benzene rings is 3. The summed E-state index contributed by atoms with van der Waals surface area (Å²) in [7, 11) is 0. The number of carbonyl (C=O) groups is 4. The molecular formula is C48H56FN7O6. The zero-order chi connectivity index (χ0) is 43.7. The second-order valence-electron chi connectivity index (χ2n) is 17.1. The lowest BCUT2D eigenvalue weighted by Crippen LogP contribution is -2.52. The standard InChI is InChI=1S/C48H56FN7O6/c1-5-55(36-14-20-62-21-15-36)42-24-35(23-38(31(42)4)45(58)50-25-39-29(2)22-30(3)51-46(39)59)33-8-6-32(7-9-33)26-53-16-18-54(19-17-53)27-34-10-11-37-40(44(34)49)28-56(48(37)61)41-12-13-43(57)52-47(41)60/h6-11,22-24,36,41H,5,12-21,25-28H2,1-4H3,(H,50,58)(H,51,59)(H,52,57,60). The largest absolute Gasteiger partial charge is 0.381 e. The average Bonchev–Trinajstić information content (AvgIpc) is 3.59. The number of nitrogens with one attached hydrogen (secondary N) is 3. The molecule has 62 heavy (non-hydrogen) atoms. The molecule has 13 nitrogen and oxygen atoms in total. The molecule has 3 aromatic carbocycles. The molecule has 5 heterocycles. The summed E-state index contributed by atoms with van der Waals surface area (Å²) >= 11 is 0. The summed E-state index contributed by atoms with van der Waals surface area (Å²) < 4.78 is 21.6. The van der Waals surface area contributed by atoms with E-state index in [2.05, 4.69) is 67.6 Å². The highest BCUT2D eigenvalue weighted by Gasteiger charge is 2.40. The molecular weight excluding hydrogens is 790 g/mol. The van der Waals surface area contributed by atoms with E-state index in [1.807, 2.05) is 32.9 Å². The fraction of sp³-hybridized carbons (Fsp3) is 0.438. The van der Waals surface area contributed by atoms with Crippen LogP contribution in [0.2, 0.25) is 0 Å². The van der Waals surface area contributed by atoms with Crippen LogP contribution in [0.5, 0.6) is 0 Å². The minimum Gasteiger partial charge on any atom is -0.381 e. The Morgan fingerprint density at radius 3 is 2.27 bits per heavy atom. The van der Waals surface area contributed by atoms with Gasteiger partial charge in [-0.15, -0.1) is 0 Å². The van der Waals surface area contributed by atoms with Crippen molar-refractivity contribution in [1.29, 1.82) is 0 Å². The van der Waals surface area contributed by atoms with E-state index in [4.69, 9.17) is 4.74 Å². The molecule has 0 bridgehead atoms. The predicted molar refractivity (Wildman–Crippen MR) is 234 cm³/mol. The van der Waals surface area contributed by atoms with Crippen molar-refractivity contribution >= 4 is 29.3 Å². The number of imide groups is 1. The molecule has 8 rings (SSSR count). The van der Waals surface area contributed by atoms with E-state index >= 15 is 4.39 Å². The third-order valence-electron chi connectivity index (χ3n) is 13.1. The van der Waals surface area contributed by atoms with Gasteiger partial charge in [0.2, 0.25) is 11.8 Å². The molecule has 3 fully saturated rings. The first-order valence-corrected chi connectivity index (χ1v) is 21.8. The van der Waals surface area contributed by atoms with E-state index in [0.29, 0.717) is 48.1 Å². The summed E-state index contributed by atoms with van der Waals surface area (Å²) in [4.78, 5) is 75.2. The van der Waals surface area contributed by atoms with Crippen LogP contribution in [-0.4, -0.2) is 101 Å². The quantitative estimate of drug-likeness (QED) is 0.166. The molecule has 4 aliphatic rings. The Morgan fingerprint density at radius 2 is 1.60 bits per heavy atom. The van der Waals surface area contributed by atoms with E-state index < -0.39 is 17.8 Å². The van der Waals surface area contributed by atoms with Crippen molar-refractivity contribution in [3.8, 4) is 11.1 Å². The highest BCUT2D eigenvalue weighted by atomic mass is 19.1. The van der Waals surface area contributed by atoms with Crippen molar-refractivity contribution in [2.24, 2.45) is 0 Å². The van der Waals surface area contributed by atoms with E-state index in [1.54, 1.807) is 12.1 Å². The molecule has 4 aromatic rings. The number of hydrogen-bond acceptors (Lipinski definition) is 9. The predicted octanol–water partition coefficient (Wildman–Crippen LogP) is 5.12. The highest BCUT2D eigenvalue weighted by Crippen LogP contribution is 2.35. The summed E-state index contributed by atoms with van der Waals surface area (Å²) in [6, 6.07) is 17.4. The van der Waals surface area contributed by atoms with Gasteiger partial charge in [-0.25, -0.2) is 4.39 Å². The smallest absolute Gasteiger partial charge is 0.255 e. The van der Waals surface area contributed by atoms with E-state index in [0.717, 1.165) is 85.7 Å². The maximum Gasteiger partial charge on any atom is 0.255 e. The zero-order valence-corrected chi connectivity index (χ0v) is 36.1. The first kappa shape index (κ1) is 43.0. The number of aromatic amines is 1. The Balaban J connectivity index is 0.927. The maximum atomic E-state index is 15.9. The van der Waals surface area contributed by atoms with Crippen molar-refractivity contribution in [3.63, 3.8) is 0 Å². The molecule has 4 amide bonds. The van der Waals surface area contributed by atoms with Crippen LogP contribution in [0, 0.1) is 26.6 Å². The third-order valence-corrected chi connectivity index (χ3v) is 13.1. The van der Waals surface area contributed by atoms with Gasteiger partial charge in [-0.1, -0.05) is 30.3 Å². The maximum absolute atomic E-state index is 15.9. The lowest BCUT2D eigenvalue weighted by molar-refractivity contribution is -0.136. The van der Waals surface area contributed by atoms with Gasteiger partial charge in [0.15, 0.2) is 0 Å². The second kappa shape index (κ2) is 18.3. The Labute approximate surface area is 361 Å². The van der Waals surface area contributed by atoms with Crippen LogP contribution in [0.3, 0.4) is 0 Å². The SMILES string of the molecule is CCN(c1cc(-c2ccc(CN3CCN(Cc4ccc5c(c4F)CN(C4CCC(=O)NC4=O)C5=O)CC3)cc2)cc(C(=O)NCc2c(C)cc(C)[nH]c2=O)c1C)C1CCOCC1. The number of anilines is 1. The summed E-state index contributed by atoms with van der Waals surface area (Å²) in [5, 5.41) is 5.34. The van der Waals surface area contributed by atoms with Gasteiger partial charge in [-0.3, -0.25) is 39.1 Å². The lowest BCUT2D eigenvalue weighted by atomic mass is 9.94. The monoisotopic (exact) mass is 845 g/mol. The lowest BCUT2D eigenvalue weighted by Gasteiger charge is -2.37. The van der Waals surface area contributed by atoms with Crippen LogP contribution in [0.1, 0.15) is 92.4 Å². The molecule has 14 heteroatoms. The zero-order valence-electron chi connectivity index (χ0n) is 36.1. The molecule has 0 saturated carbocycles. The number of aromatic nitrogens is 1. The topological polar surface area (TPSA) is 147 Å². The first-order valence-electron chi connectivity index (χ1n) is 21.8. The number of rotatable bonds is 12. The number of pyridine rings is 1. The van der Waals surface area contributed by atoms with Crippen molar-refractivity contribution < 1.29 is 28.3 Å². The third kappa shape index (κ3) is 8.95. The van der Waals surface area contributed by atoms with Crippen LogP contribution in [0.25, 0.3) is 11.1 Å². The van der Waals surface area contributed by atoms with Gasteiger partial charge in [0.05, 0.1) is 6.54 Å². The van der Waals surface area contributed by atoms with Gasteiger partial charge in [-0.2, -0.15) is 0 Å². The molecule has 326 valence electrons. The summed E-state index contributed by atoms with van der Waals surface area (Å²) in [6.07, 6.45) is 2.21. The molecule has 0 radical (unpaired) electrons. The Kier molecular flexibility index (Phi) is 12.7. The van der Waals surface area contributed by atoms with Crippen molar-refractivity contribution in [2.75, 3.05) is 50.8 Å². The van der Waals surface area contributed by atoms with Gasteiger partial charge in [0.1, 0.15) is 11.9 Å². The van der Waals surface area contributed by atoms with Crippen LogP contribution in [0.4, 0.5) is 10.1 Å². The number of fused-ring (bicyclic) bond motifs is 1. The highest BCUT2D eigenvalue weighted by molar-refractivity contribution is 6.05. The van der Waals surface area contributed by atoms with E-state index in [1.165, 1.54) is 10.5 Å². The van der Waals surface area contributed by atoms with E-state index in [-0.39, 0.29) is 54.8 Å². The fourth-order valence-electron chi connectivity index (χ4n) is 9.57. The normalized spacial score (nSPS) is 18.8. The van der Waals surface area contributed by atoms with Gasteiger partial charge in [0.25, 0.3) is 17.4 Å². The minimum absolute atomic E-state index is 0.0132. The average molecular weight is 846 g/mol. The summed E-state index contributed by atoms with van der Waals surface area (Å²) in [5.74, 6) is -1.88. The number of ether oxygens (including phenoxy) is 1. The Hall–Kier alpha value is -5.70. The number of carbonyl (C=O) groups excluding carboxylic acids is 4.